The van der Waals surface area contributed by atoms with Gasteiger partial charge in [-0.1, -0.05) is 30.3 Å². The third kappa shape index (κ3) is 4.00. The molecule has 0 radical (unpaired) electrons. The molecule has 3 aromatic rings. The number of benzene rings is 2. The summed E-state index contributed by atoms with van der Waals surface area (Å²) in [5.41, 5.74) is 0.196. The lowest BCUT2D eigenvalue weighted by Gasteiger charge is -2.11. The van der Waals surface area contributed by atoms with Crippen molar-refractivity contribution in [1.29, 1.82) is 0 Å². The molecular weight excluding hydrogens is 330 g/mol. The van der Waals surface area contributed by atoms with E-state index in [0.717, 1.165) is 6.20 Å². The van der Waals surface area contributed by atoms with Crippen molar-refractivity contribution < 1.29 is 23.0 Å². The van der Waals surface area contributed by atoms with E-state index in [2.05, 4.69) is 4.98 Å². The summed E-state index contributed by atoms with van der Waals surface area (Å²) in [4.78, 5) is 16.1. The van der Waals surface area contributed by atoms with Gasteiger partial charge < -0.3 is 9.47 Å². The number of carbonyl (C=O) groups excluding carboxylic acids is 1. The van der Waals surface area contributed by atoms with Gasteiger partial charge >= 0.3 is 12.5 Å². The van der Waals surface area contributed by atoms with Gasteiger partial charge in [-0.2, -0.15) is 8.78 Å². The lowest BCUT2D eigenvalue weighted by Crippen LogP contribution is -2.11. The van der Waals surface area contributed by atoms with Crippen LogP contribution in [0, 0.1) is 0 Å². The number of carbonyl (C=O) groups is 1. The molecule has 0 fully saturated rings. The first kappa shape index (κ1) is 16.6. The Morgan fingerprint density at radius 2 is 1.80 bits per heavy atom. The molecule has 25 heavy (non-hydrogen) atoms. The summed E-state index contributed by atoms with van der Waals surface area (Å²) in [5, 5.41) is 0. The number of alkyl halides is 2. The lowest BCUT2D eigenvalue weighted by atomic mass is 10.2. The van der Waals surface area contributed by atoms with Gasteiger partial charge in [-0.25, -0.2) is 9.78 Å². The standard InChI is InChI=1S/C18H14F2N2O3/c19-18(20)22-11-10-21-16(22)12-24-17(23)14-8-4-5-9-15(14)25-13-6-2-1-3-7-13/h1-11,18H,12H2. The fraction of sp³-hybridized carbons (Fsp3) is 0.111. The summed E-state index contributed by atoms with van der Waals surface area (Å²) in [6.45, 7) is -3.11. The van der Waals surface area contributed by atoms with E-state index in [9.17, 15) is 13.6 Å². The number of halogens is 2. The zero-order valence-electron chi connectivity index (χ0n) is 13.0. The molecule has 128 valence electrons. The summed E-state index contributed by atoms with van der Waals surface area (Å²) >= 11 is 0. The van der Waals surface area contributed by atoms with Crippen LogP contribution in [0.15, 0.2) is 67.0 Å². The highest BCUT2D eigenvalue weighted by molar-refractivity contribution is 5.92. The van der Waals surface area contributed by atoms with Crippen molar-refractivity contribution in [3.05, 3.63) is 78.4 Å². The van der Waals surface area contributed by atoms with Crippen molar-refractivity contribution in [2.24, 2.45) is 0 Å². The smallest absolute Gasteiger partial charge is 0.342 e. The monoisotopic (exact) mass is 344 g/mol. The van der Waals surface area contributed by atoms with Gasteiger partial charge in [0.1, 0.15) is 23.7 Å². The second kappa shape index (κ2) is 7.57. The second-order valence-corrected chi connectivity index (χ2v) is 5.02. The minimum atomic E-state index is -2.75. The number of ether oxygens (including phenoxy) is 2. The average molecular weight is 344 g/mol. The van der Waals surface area contributed by atoms with Crippen LogP contribution in [0.3, 0.4) is 0 Å². The Balaban J connectivity index is 1.73. The Kier molecular flexibility index (Phi) is 5.03. The molecule has 0 bridgehead atoms. The molecule has 0 aliphatic rings. The van der Waals surface area contributed by atoms with Gasteiger partial charge in [0, 0.05) is 12.4 Å². The number of para-hydroxylation sites is 2. The van der Waals surface area contributed by atoms with E-state index in [1.807, 2.05) is 6.07 Å². The maximum Gasteiger partial charge on any atom is 0.342 e. The maximum absolute atomic E-state index is 12.8. The first-order valence-corrected chi connectivity index (χ1v) is 7.44. The number of hydrogen-bond donors (Lipinski definition) is 0. The van der Waals surface area contributed by atoms with E-state index >= 15 is 0 Å². The molecule has 0 unspecified atom stereocenters. The highest BCUT2D eigenvalue weighted by Gasteiger charge is 2.17. The fourth-order valence-corrected chi connectivity index (χ4v) is 2.18. The number of aromatic nitrogens is 2. The number of rotatable bonds is 6. The van der Waals surface area contributed by atoms with Crippen LogP contribution >= 0.6 is 0 Å². The number of nitrogens with zero attached hydrogens (tertiary/aromatic N) is 2. The minimum absolute atomic E-state index is 0.0372. The van der Waals surface area contributed by atoms with Gasteiger partial charge in [0.2, 0.25) is 0 Å². The molecule has 0 spiro atoms. The molecule has 5 nitrogen and oxygen atoms in total. The zero-order chi connectivity index (χ0) is 17.6. The summed E-state index contributed by atoms with van der Waals surface area (Å²) in [6.07, 6.45) is 2.35. The SMILES string of the molecule is O=C(OCc1nccn1C(F)F)c1ccccc1Oc1ccccc1. The molecule has 0 amide bonds. The zero-order valence-corrected chi connectivity index (χ0v) is 13.0. The van der Waals surface area contributed by atoms with E-state index in [-0.39, 0.29) is 18.0 Å². The third-order valence-electron chi connectivity index (χ3n) is 3.37. The van der Waals surface area contributed by atoms with Gasteiger partial charge in [0.15, 0.2) is 5.82 Å². The van der Waals surface area contributed by atoms with Crippen LogP contribution in [0.2, 0.25) is 0 Å². The van der Waals surface area contributed by atoms with E-state index < -0.39 is 12.5 Å². The number of imidazole rings is 1. The normalized spacial score (nSPS) is 10.7. The predicted octanol–water partition coefficient (Wildman–Crippen LogP) is 4.43. The number of hydrogen-bond acceptors (Lipinski definition) is 4. The van der Waals surface area contributed by atoms with Crippen LogP contribution in [0.5, 0.6) is 11.5 Å². The van der Waals surface area contributed by atoms with Crippen LogP contribution in [-0.2, 0) is 11.3 Å². The first-order chi connectivity index (χ1) is 12.1. The third-order valence-corrected chi connectivity index (χ3v) is 3.37. The van der Waals surface area contributed by atoms with Crippen LogP contribution in [-0.4, -0.2) is 15.5 Å². The average Bonchev–Trinajstić information content (AvgIpc) is 3.10. The van der Waals surface area contributed by atoms with Gasteiger partial charge in [-0.3, -0.25) is 4.57 Å². The summed E-state index contributed by atoms with van der Waals surface area (Å²) < 4.78 is 37.0. The Hall–Kier alpha value is -3.22. The van der Waals surface area contributed by atoms with Gasteiger partial charge in [0.25, 0.3) is 0 Å². The van der Waals surface area contributed by atoms with Gasteiger partial charge in [-0.05, 0) is 24.3 Å². The first-order valence-electron chi connectivity index (χ1n) is 7.44. The molecule has 0 saturated carbocycles. The van der Waals surface area contributed by atoms with Crippen molar-refractivity contribution in [2.75, 3.05) is 0 Å². The van der Waals surface area contributed by atoms with E-state index in [1.54, 1.807) is 48.5 Å². The largest absolute Gasteiger partial charge is 0.456 e. The molecule has 2 aromatic carbocycles. The van der Waals surface area contributed by atoms with Gasteiger partial charge in [-0.15, -0.1) is 0 Å². The molecule has 3 rings (SSSR count). The molecular formula is C18H14F2N2O3. The van der Waals surface area contributed by atoms with E-state index in [0.29, 0.717) is 16.1 Å². The molecule has 0 N–H and O–H groups in total. The molecule has 0 atom stereocenters. The van der Waals surface area contributed by atoms with E-state index in [1.165, 1.54) is 6.20 Å². The van der Waals surface area contributed by atoms with Crippen molar-refractivity contribution in [3.63, 3.8) is 0 Å². The quantitative estimate of drug-likeness (QED) is 0.621. The minimum Gasteiger partial charge on any atom is -0.456 e. The number of esters is 1. The lowest BCUT2D eigenvalue weighted by molar-refractivity contribution is 0.0374. The summed E-state index contributed by atoms with van der Waals surface area (Å²) in [7, 11) is 0. The molecule has 0 aliphatic heterocycles. The maximum atomic E-state index is 12.8. The Morgan fingerprint density at radius 3 is 2.56 bits per heavy atom. The van der Waals surface area contributed by atoms with Crippen LogP contribution < -0.4 is 4.74 Å². The Morgan fingerprint density at radius 1 is 1.08 bits per heavy atom. The van der Waals surface area contributed by atoms with Crippen LogP contribution in [0.25, 0.3) is 0 Å². The molecule has 1 heterocycles. The fourth-order valence-electron chi connectivity index (χ4n) is 2.18. The van der Waals surface area contributed by atoms with Gasteiger partial charge in [0.05, 0.1) is 0 Å². The molecule has 0 aliphatic carbocycles. The molecule has 1 aromatic heterocycles. The van der Waals surface area contributed by atoms with Crippen LogP contribution in [0.1, 0.15) is 22.7 Å². The second-order valence-electron chi connectivity index (χ2n) is 5.02. The molecule has 0 saturated heterocycles. The van der Waals surface area contributed by atoms with Crippen molar-refractivity contribution >= 4 is 5.97 Å². The highest BCUT2D eigenvalue weighted by Crippen LogP contribution is 2.26. The molecule has 7 heteroatoms. The predicted molar refractivity (Wildman–Crippen MR) is 85.6 cm³/mol. The Labute approximate surface area is 142 Å². The van der Waals surface area contributed by atoms with Crippen molar-refractivity contribution in [1.82, 2.24) is 9.55 Å². The van der Waals surface area contributed by atoms with E-state index in [4.69, 9.17) is 9.47 Å². The van der Waals surface area contributed by atoms with Crippen molar-refractivity contribution in [3.8, 4) is 11.5 Å². The van der Waals surface area contributed by atoms with Crippen LogP contribution in [0.4, 0.5) is 8.78 Å². The Bertz CT molecular complexity index is 850. The highest BCUT2D eigenvalue weighted by atomic mass is 19.3. The van der Waals surface area contributed by atoms with Crippen molar-refractivity contribution in [2.45, 2.75) is 13.2 Å². The topological polar surface area (TPSA) is 53.3 Å². The summed E-state index contributed by atoms with van der Waals surface area (Å²) in [5.74, 6) is 0.159. The summed E-state index contributed by atoms with van der Waals surface area (Å²) in [6, 6.07) is 15.5.